The van der Waals surface area contributed by atoms with Crippen LogP contribution in [0.1, 0.15) is 38.3 Å². The van der Waals surface area contributed by atoms with Crippen molar-refractivity contribution in [2.24, 2.45) is 0 Å². The summed E-state index contributed by atoms with van der Waals surface area (Å²) in [5, 5.41) is 6.77. The topological polar surface area (TPSA) is 62.3 Å². The molecule has 7 heteroatoms. The summed E-state index contributed by atoms with van der Waals surface area (Å²) < 4.78 is 5.02. The first kappa shape index (κ1) is 17.9. The average Bonchev–Trinajstić information content (AvgIpc) is 2.51. The fourth-order valence-corrected chi connectivity index (χ4v) is 2.95. The van der Waals surface area contributed by atoms with E-state index < -0.39 is 0 Å². The summed E-state index contributed by atoms with van der Waals surface area (Å²) >= 11 is 5.30. The highest BCUT2D eigenvalue weighted by Gasteiger charge is 2.20. The van der Waals surface area contributed by atoms with E-state index in [1.165, 1.54) is 19.3 Å². The number of methoxy groups -OCH3 is 1. The van der Waals surface area contributed by atoms with Gasteiger partial charge in [-0.2, -0.15) is 4.98 Å². The Kier molecular flexibility index (Phi) is 6.98. The fourth-order valence-electron chi connectivity index (χ4n) is 2.76. The van der Waals surface area contributed by atoms with Crippen molar-refractivity contribution in [2.75, 3.05) is 37.0 Å². The fraction of sp³-hybridized carbons (Fsp3) is 0.688. The number of piperidine rings is 1. The third-order valence-corrected chi connectivity index (χ3v) is 4.22. The lowest BCUT2D eigenvalue weighted by Crippen LogP contribution is -2.38. The number of aryl methyl sites for hydroxylation is 1. The summed E-state index contributed by atoms with van der Waals surface area (Å²) in [6.45, 7) is 6.78. The molecule has 0 radical (unpaired) electrons. The van der Waals surface area contributed by atoms with Crippen LogP contribution in [-0.2, 0) is 4.74 Å². The number of aromatic nitrogens is 2. The van der Waals surface area contributed by atoms with Crippen LogP contribution in [0.5, 0.6) is 0 Å². The first-order valence-electron chi connectivity index (χ1n) is 8.26. The van der Waals surface area contributed by atoms with Gasteiger partial charge in [0.25, 0.3) is 0 Å². The number of rotatable bonds is 6. The van der Waals surface area contributed by atoms with Crippen molar-refractivity contribution in [1.29, 1.82) is 0 Å². The van der Waals surface area contributed by atoms with Gasteiger partial charge in [0.1, 0.15) is 5.82 Å². The average molecular weight is 337 g/mol. The Balaban J connectivity index is 1.98. The maximum absolute atomic E-state index is 5.30. The molecule has 6 nitrogen and oxygen atoms in total. The summed E-state index contributed by atoms with van der Waals surface area (Å²) in [7, 11) is 1.69. The lowest BCUT2D eigenvalue weighted by molar-refractivity contribution is 0.196. The zero-order valence-corrected chi connectivity index (χ0v) is 15.1. The monoisotopic (exact) mass is 337 g/mol. The molecule has 2 heterocycles. The molecule has 2 rings (SSSR count). The van der Waals surface area contributed by atoms with Gasteiger partial charge in [0.05, 0.1) is 0 Å². The van der Waals surface area contributed by atoms with E-state index in [1.807, 2.05) is 13.0 Å². The van der Waals surface area contributed by atoms with Gasteiger partial charge in [-0.05, 0) is 51.7 Å². The molecule has 0 spiro atoms. The Bertz CT molecular complexity index is 525. The van der Waals surface area contributed by atoms with Crippen molar-refractivity contribution in [3.8, 4) is 0 Å². The summed E-state index contributed by atoms with van der Waals surface area (Å²) in [4.78, 5) is 11.4. The van der Waals surface area contributed by atoms with Gasteiger partial charge in [0, 0.05) is 44.6 Å². The van der Waals surface area contributed by atoms with E-state index in [1.54, 1.807) is 7.11 Å². The number of anilines is 2. The molecule has 1 aromatic heterocycles. The van der Waals surface area contributed by atoms with Crippen molar-refractivity contribution in [3.05, 3.63) is 11.8 Å². The van der Waals surface area contributed by atoms with Crippen molar-refractivity contribution in [2.45, 2.75) is 45.6 Å². The number of hydrogen-bond acceptors (Lipinski definition) is 5. The summed E-state index contributed by atoms with van der Waals surface area (Å²) in [6, 6.07) is 2.56. The number of ether oxygens (including phenoxy) is 1. The first-order chi connectivity index (χ1) is 11.1. The Hall–Kier alpha value is -1.47. The van der Waals surface area contributed by atoms with Crippen LogP contribution in [0.15, 0.2) is 6.07 Å². The Morgan fingerprint density at radius 1 is 1.43 bits per heavy atom. The van der Waals surface area contributed by atoms with Crippen LogP contribution < -0.4 is 15.5 Å². The quantitative estimate of drug-likeness (QED) is 0.611. The normalized spacial score (nSPS) is 17.9. The minimum absolute atomic E-state index is 0.519. The Morgan fingerprint density at radius 2 is 2.26 bits per heavy atom. The molecule has 0 unspecified atom stereocenters. The standard InChI is InChI=1S/C16H27N5OS/c1-12-11-14(21-9-5-4-7-13(21)2)19-15(18-12)20-16(23)17-8-6-10-22-3/h11,13H,4-10H2,1-3H3,(H2,17,18,19,20,23)/t13-/m0/s1. The molecular weight excluding hydrogens is 310 g/mol. The van der Waals surface area contributed by atoms with Crippen LogP contribution >= 0.6 is 12.2 Å². The maximum atomic E-state index is 5.30. The highest BCUT2D eigenvalue weighted by atomic mass is 32.1. The van der Waals surface area contributed by atoms with Gasteiger partial charge in [-0.25, -0.2) is 4.98 Å². The van der Waals surface area contributed by atoms with E-state index in [0.717, 1.165) is 31.0 Å². The first-order valence-corrected chi connectivity index (χ1v) is 8.67. The van der Waals surface area contributed by atoms with Crippen molar-refractivity contribution < 1.29 is 4.74 Å². The van der Waals surface area contributed by atoms with E-state index in [2.05, 4.69) is 32.4 Å². The van der Waals surface area contributed by atoms with Gasteiger partial charge in [0.2, 0.25) is 5.95 Å². The van der Waals surface area contributed by atoms with Crippen LogP contribution in [0.4, 0.5) is 11.8 Å². The zero-order valence-electron chi connectivity index (χ0n) is 14.3. The van der Waals surface area contributed by atoms with Gasteiger partial charge < -0.3 is 20.3 Å². The minimum Gasteiger partial charge on any atom is -0.385 e. The number of hydrogen-bond donors (Lipinski definition) is 2. The number of nitrogens with zero attached hydrogens (tertiary/aromatic N) is 3. The van der Waals surface area contributed by atoms with Gasteiger partial charge >= 0.3 is 0 Å². The van der Waals surface area contributed by atoms with Crippen molar-refractivity contribution in [1.82, 2.24) is 15.3 Å². The minimum atomic E-state index is 0.519. The summed E-state index contributed by atoms with van der Waals surface area (Å²) in [5.74, 6) is 1.54. The second-order valence-electron chi connectivity index (χ2n) is 5.96. The van der Waals surface area contributed by atoms with Gasteiger partial charge in [-0.1, -0.05) is 0 Å². The summed E-state index contributed by atoms with van der Waals surface area (Å²) in [6.07, 6.45) is 4.63. The lowest BCUT2D eigenvalue weighted by atomic mass is 10.0. The van der Waals surface area contributed by atoms with E-state index in [0.29, 0.717) is 23.7 Å². The van der Waals surface area contributed by atoms with Crippen LogP contribution in [0.2, 0.25) is 0 Å². The van der Waals surface area contributed by atoms with E-state index in [4.69, 9.17) is 17.0 Å². The smallest absolute Gasteiger partial charge is 0.231 e. The maximum Gasteiger partial charge on any atom is 0.231 e. The zero-order chi connectivity index (χ0) is 16.7. The highest BCUT2D eigenvalue weighted by molar-refractivity contribution is 7.80. The van der Waals surface area contributed by atoms with Crippen LogP contribution in [0, 0.1) is 6.92 Å². The molecular formula is C16H27N5OS. The predicted molar refractivity (Wildman–Crippen MR) is 98.1 cm³/mol. The molecule has 0 aromatic carbocycles. The molecule has 2 N–H and O–H groups in total. The Labute approximate surface area is 144 Å². The second kappa shape index (κ2) is 8.98. The van der Waals surface area contributed by atoms with E-state index in [9.17, 15) is 0 Å². The van der Waals surface area contributed by atoms with Crippen molar-refractivity contribution in [3.63, 3.8) is 0 Å². The SMILES string of the molecule is COCCCNC(=S)Nc1nc(C)cc(N2CCCC[C@@H]2C)n1. The van der Waals surface area contributed by atoms with Gasteiger partial charge in [0.15, 0.2) is 5.11 Å². The molecule has 23 heavy (non-hydrogen) atoms. The lowest BCUT2D eigenvalue weighted by Gasteiger charge is -2.34. The highest BCUT2D eigenvalue weighted by Crippen LogP contribution is 2.24. The molecule has 1 fully saturated rings. The molecule has 1 atom stereocenters. The molecule has 1 aromatic rings. The third-order valence-electron chi connectivity index (χ3n) is 3.97. The van der Waals surface area contributed by atoms with E-state index >= 15 is 0 Å². The second-order valence-corrected chi connectivity index (χ2v) is 6.36. The molecule has 0 saturated carbocycles. The number of nitrogens with one attached hydrogen (secondary N) is 2. The molecule has 1 aliphatic rings. The van der Waals surface area contributed by atoms with Crippen LogP contribution in [0.3, 0.4) is 0 Å². The third kappa shape index (κ3) is 5.58. The summed E-state index contributed by atoms with van der Waals surface area (Å²) in [5.41, 5.74) is 0.942. The van der Waals surface area contributed by atoms with Gasteiger partial charge in [-0.3, -0.25) is 0 Å². The predicted octanol–water partition coefficient (Wildman–Crippen LogP) is 2.49. The molecule has 1 saturated heterocycles. The van der Waals surface area contributed by atoms with Crippen molar-refractivity contribution >= 4 is 29.1 Å². The molecule has 0 bridgehead atoms. The van der Waals surface area contributed by atoms with Crippen LogP contribution in [0.25, 0.3) is 0 Å². The largest absolute Gasteiger partial charge is 0.385 e. The molecule has 128 valence electrons. The molecule has 0 aliphatic carbocycles. The number of thiocarbonyl (C=S) groups is 1. The Morgan fingerprint density at radius 3 is 3.00 bits per heavy atom. The van der Waals surface area contributed by atoms with Crippen LogP contribution in [-0.4, -0.2) is 47.9 Å². The molecule has 0 amide bonds. The molecule has 1 aliphatic heterocycles. The van der Waals surface area contributed by atoms with Gasteiger partial charge in [-0.15, -0.1) is 0 Å². The van der Waals surface area contributed by atoms with E-state index in [-0.39, 0.29) is 0 Å².